The van der Waals surface area contributed by atoms with Gasteiger partial charge in [-0.2, -0.15) is 11.8 Å². The monoisotopic (exact) mass is 256 g/mol. The van der Waals surface area contributed by atoms with Crippen molar-refractivity contribution in [2.75, 3.05) is 37.7 Å². The lowest BCUT2D eigenvalue weighted by Crippen LogP contribution is -2.52. The largest absolute Gasteiger partial charge is 0.310 e. The molecule has 1 spiro atoms. The maximum absolute atomic E-state index is 3.87. The van der Waals surface area contributed by atoms with E-state index >= 15 is 0 Å². The normalized spacial score (nSPS) is 25.9. The van der Waals surface area contributed by atoms with Crippen molar-refractivity contribution >= 4 is 11.8 Å². The SMILES string of the molecule is CCSCCN1CCCNC2(CCCCC2)C1. The molecule has 0 amide bonds. The van der Waals surface area contributed by atoms with Gasteiger partial charge in [0.15, 0.2) is 0 Å². The van der Waals surface area contributed by atoms with Gasteiger partial charge in [-0.3, -0.25) is 0 Å². The van der Waals surface area contributed by atoms with Crippen molar-refractivity contribution in [2.45, 2.75) is 51.0 Å². The Morgan fingerprint density at radius 3 is 2.76 bits per heavy atom. The van der Waals surface area contributed by atoms with Crippen LogP contribution in [0.15, 0.2) is 0 Å². The molecule has 2 rings (SSSR count). The molecule has 2 nitrogen and oxygen atoms in total. The molecule has 0 radical (unpaired) electrons. The predicted octanol–water partition coefficient (Wildman–Crippen LogP) is 2.74. The lowest BCUT2D eigenvalue weighted by Gasteiger charge is -2.40. The van der Waals surface area contributed by atoms with Crippen molar-refractivity contribution in [3.8, 4) is 0 Å². The fraction of sp³-hybridized carbons (Fsp3) is 1.00. The van der Waals surface area contributed by atoms with Crippen molar-refractivity contribution in [2.24, 2.45) is 0 Å². The first kappa shape index (κ1) is 13.7. The topological polar surface area (TPSA) is 15.3 Å². The van der Waals surface area contributed by atoms with Crippen LogP contribution in [0.1, 0.15) is 45.4 Å². The highest BCUT2D eigenvalue weighted by atomic mass is 32.2. The van der Waals surface area contributed by atoms with E-state index in [1.807, 2.05) is 0 Å². The Kier molecular flexibility index (Phi) is 5.64. The van der Waals surface area contributed by atoms with Gasteiger partial charge in [-0.05, 0) is 38.1 Å². The first-order valence-corrected chi connectivity index (χ1v) is 8.55. The third-order valence-corrected chi connectivity index (χ3v) is 5.12. The average Bonchev–Trinajstić information content (AvgIpc) is 2.54. The van der Waals surface area contributed by atoms with E-state index in [0.29, 0.717) is 5.54 Å². The van der Waals surface area contributed by atoms with Crippen LogP contribution in [0.4, 0.5) is 0 Å². The standard InChI is InChI=1S/C14H28N2S/c1-2-17-12-11-16-10-6-9-15-14(13-16)7-4-3-5-8-14/h15H,2-13H2,1H3. The molecule has 0 aromatic carbocycles. The molecular formula is C14H28N2S. The van der Waals surface area contributed by atoms with Gasteiger partial charge in [0.1, 0.15) is 0 Å². The van der Waals surface area contributed by atoms with Crippen LogP contribution >= 0.6 is 11.8 Å². The molecule has 1 aliphatic heterocycles. The molecule has 3 heteroatoms. The minimum absolute atomic E-state index is 0.478. The summed E-state index contributed by atoms with van der Waals surface area (Å²) in [5.74, 6) is 2.57. The zero-order valence-electron chi connectivity index (χ0n) is 11.3. The zero-order chi connectivity index (χ0) is 12.0. The molecule has 0 aromatic heterocycles. The maximum atomic E-state index is 3.87. The third-order valence-electron chi connectivity index (χ3n) is 4.24. The molecule has 1 saturated heterocycles. The van der Waals surface area contributed by atoms with Crippen LogP contribution in [0.25, 0.3) is 0 Å². The van der Waals surface area contributed by atoms with Crippen LogP contribution < -0.4 is 5.32 Å². The Balaban J connectivity index is 1.85. The summed E-state index contributed by atoms with van der Waals surface area (Å²) in [7, 11) is 0. The van der Waals surface area contributed by atoms with Gasteiger partial charge < -0.3 is 10.2 Å². The van der Waals surface area contributed by atoms with Gasteiger partial charge >= 0.3 is 0 Å². The summed E-state index contributed by atoms with van der Waals surface area (Å²) in [5, 5.41) is 3.87. The predicted molar refractivity (Wildman–Crippen MR) is 77.9 cm³/mol. The Labute approximate surface area is 111 Å². The van der Waals surface area contributed by atoms with Crippen LogP contribution in [0.3, 0.4) is 0 Å². The number of thioether (sulfide) groups is 1. The van der Waals surface area contributed by atoms with E-state index in [0.717, 1.165) is 0 Å². The fourth-order valence-corrected chi connectivity index (χ4v) is 3.99. The average molecular weight is 256 g/mol. The quantitative estimate of drug-likeness (QED) is 0.779. The van der Waals surface area contributed by atoms with E-state index in [-0.39, 0.29) is 0 Å². The second-order valence-electron chi connectivity index (χ2n) is 5.59. The Bertz CT molecular complexity index is 214. The second-order valence-corrected chi connectivity index (χ2v) is 6.99. The van der Waals surface area contributed by atoms with Crippen LogP contribution in [-0.4, -0.2) is 48.1 Å². The second kappa shape index (κ2) is 7.01. The van der Waals surface area contributed by atoms with Gasteiger partial charge in [-0.15, -0.1) is 0 Å². The van der Waals surface area contributed by atoms with Gasteiger partial charge in [0, 0.05) is 24.4 Å². The molecule has 0 unspecified atom stereocenters. The number of nitrogens with one attached hydrogen (secondary N) is 1. The van der Waals surface area contributed by atoms with E-state index < -0.39 is 0 Å². The summed E-state index contributed by atoms with van der Waals surface area (Å²) >= 11 is 2.08. The van der Waals surface area contributed by atoms with Crippen molar-refractivity contribution in [3.05, 3.63) is 0 Å². The highest BCUT2D eigenvalue weighted by Gasteiger charge is 2.34. The molecule has 1 aliphatic carbocycles. The number of hydrogen-bond acceptors (Lipinski definition) is 3. The molecule has 1 heterocycles. The molecule has 17 heavy (non-hydrogen) atoms. The Morgan fingerprint density at radius 1 is 1.18 bits per heavy atom. The Morgan fingerprint density at radius 2 is 2.00 bits per heavy atom. The maximum Gasteiger partial charge on any atom is 0.0308 e. The highest BCUT2D eigenvalue weighted by Crippen LogP contribution is 2.30. The number of nitrogens with zero attached hydrogens (tertiary/aromatic N) is 1. The molecular weight excluding hydrogens is 228 g/mol. The van der Waals surface area contributed by atoms with Crippen LogP contribution in [0.2, 0.25) is 0 Å². The minimum atomic E-state index is 0.478. The minimum Gasteiger partial charge on any atom is -0.310 e. The third kappa shape index (κ3) is 4.15. The van der Waals surface area contributed by atoms with Gasteiger partial charge in [-0.1, -0.05) is 26.2 Å². The van der Waals surface area contributed by atoms with E-state index in [2.05, 4.69) is 28.9 Å². The highest BCUT2D eigenvalue weighted by molar-refractivity contribution is 7.99. The molecule has 0 aromatic rings. The molecule has 0 bridgehead atoms. The summed E-state index contributed by atoms with van der Waals surface area (Å²) in [5.41, 5.74) is 0.478. The van der Waals surface area contributed by atoms with Crippen molar-refractivity contribution in [1.29, 1.82) is 0 Å². The van der Waals surface area contributed by atoms with E-state index in [1.165, 1.54) is 76.2 Å². The molecule has 2 aliphatic rings. The summed E-state index contributed by atoms with van der Waals surface area (Å²) < 4.78 is 0. The van der Waals surface area contributed by atoms with Crippen molar-refractivity contribution in [1.82, 2.24) is 10.2 Å². The summed E-state index contributed by atoms with van der Waals surface area (Å²) in [6.07, 6.45) is 8.47. The van der Waals surface area contributed by atoms with E-state index in [9.17, 15) is 0 Å². The van der Waals surface area contributed by atoms with E-state index in [4.69, 9.17) is 0 Å². The molecule has 2 fully saturated rings. The molecule has 1 N–H and O–H groups in total. The van der Waals surface area contributed by atoms with Gasteiger partial charge in [0.25, 0.3) is 0 Å². The molecule has 100 valence electrons. The summed E-state index contributed by atoms with van der Waals surface area (Å²) in [6, 6.07) is 0. The number of hydrogen-bond donors (Lipinski definition) is 1. The van der Waals surface area contributed by atoms with Gasteiger partial charge in [-0.25, -0.2) is 0 Å². The first-order valence-electron chi connectivity index (χ1n) is 7.40. The Hall–Kier alpha value is 0.270. The van der Waals surface area contributed by atoms with Crippen molar-refractivity contribution in [3.63, 3.8) is 0 Å². The smallest absolute Gasteiger partial charge is 0.0308 e. The van der Waals surface area contributed by atoms with Gasteiger partial charge in [0.2, 0.25) is 0 Å². The zero-order valence-corrected chi connectivity index (χ0v) is 12.2. The van der Waals surface area contributed by atoms with Gasteiger partial charge in [0.05, 0.1) is 0 Å². The fourth-order valence-electron chi connectivity index (χ4n) is 3.31. The van der Waals surface area contributed by atoms with Crippen LogP contribution in [-0.2, 0) is 0 Å². The van der Waals surface area contributed by atoms with Crippen LogP contribution in [0.5, 0.6) is 0 Å². The van der Waals surface area contributed by atoms with Crippen molar-refractivity contribution < 1.29 is 0 Å². The summed E-state index contributed by atoms with van der Waals surface area (Å²) in [4.78, 5) is 2.72. The lowest BCUT2D eigenvalue weighted by molar-refractivity contribution is 0.170. The first-order chi connectivity index (χ1) is 8.35. The van der Waals surface area contributed by atoms with Crippen LogP contribution in [0, 0.1) is 0 Å². The lowest BCUT2D eigenvalue weighted by atomic mass is 9.81. The molecule has 0 atom stereocenters. The van der Waals surface area contributed by atoms with E-state index in [1.54, 1.807) is 0 Å². The summed E-state index contributed by atoms with van der Waals surface area (Å²) in [6.45, 7) is 7.40. The number of rotatable bonds is 4. The molecule has 1 saturated carbocycles.